The number of aryl methyl sites for hydroxylation is 1. The fraction of sp³-hybridized carbons (Fsp3) is 0.357. The minimum atomic E-state index is 0.517. The molecule has 180 valence electrons. The van der Waals surface area contributed by atoms with Gasteiger partial charge in [0.2, 0.25) is 5.75 Å². The number of fused-ring (bicyclic) bond motifs is 1. The van der Waals surface area contributed by atoms with Gasteiger partial charge in [0.1, 0.15) is 6.61 Å². The van der Waals surface area contributed by atoms with E-state index in [4.69, 9.17) is 23.7 Å². The van der Waals surface area contributed by atoms with Crippen LogP contribution in [0.5, 0.6) is 28.7 Å². The number of nitrogens with zero attached hydrogens (tertiary/aromatic N) is 1. The fourth-order valence-electron chi connectivity index (χ4n) is 4.46. The van der Waals surface area contributed by atoms with Gasteiger partial charge in [-0.25, -0.2) is 0 Å². The standard InChI is InChI=1S/C28H33NO5/c1-30-24-16-23-18-29(17-21-13-26(31-2)28(33-4)27(14-21)32-3)12-8-11-22(23)15-25(24)34-19-20-9-6-5-7-10-20/h5-7,9-10,13-16H,8,11-12,17-19H2,1-4H3. The highest BCUT2D eigenvalue weighted by atomic mass is 16.5. The second-order valence-corrected chi connectivity index (χ2v) is 8.39. The van der Waals surface area contributed by atoms with Gasteiger partial charge in [-0.15, -0.1) is 0 Å². The van der Waals surface area contributed by atoms with E-state index in [9.17, 15) is 0 Å². The summed E-state index contributed by atoms with van der Waals surface area (Å²) in [4.78, 5) is 2.44. The minimum Gasteiger partial charge on any atom is -0.493 e. The van der Waals surface area contributed by atoms with Gasteiger partial charge < -0.3 is 23.7 Å². The molecule has 0 aliphatic carbocycles. The molecule has 34 heavy (non-hydrogen) atoms. The van der Waals surface area contributed by atoms with Crippen molar-refractivity contribution in [2.75, 3.05) is 35.0 Å². The Morgan fingerprint density at radius 3 is 2.03 bits per heavy atom. The predicted molar refractivity (Wildman–Crippen MR) is 132 cm³/mol. The Morgan fingerprint density at radius 2 is 1.38 bits per heavy atom. The number of rotatable bonds is 9. The Morgan fingerprint density at radius 1 is 0.706 bits per heavy atom. The van der Waals surface area contributed by atoms with Gasteiger partial charge in [0.05, 0.1) is 28.4 Å². The summed E-state index contributed by atoms with van der Waals surface area (Å²) in [5.41, 5.74) is 4.84. The first kappa shape index (κ1) is 23.8. The third-order valence-corrected chi connectivity index (χ3v) is 6.17. The molecule has 0 N–H and O–H groups in total. The monoisotopic (exact) mass is 463 g/mol. The van der Waals surface area contributed by atoms with Crippen LogP contribution in [0.25, 0.3) is 0 Å². The molecule has 0 saturated heterocycles. The van der Waals surface area contributed by atoms with Crippen molar-refractivity contribution in [2.45, 2.75) is 32.5 Å². The Labute approximate surface area is 202 Å². The Kier molecular flexibility index (Phi) is 7.80. The van der Waals surface area contributed by atoms with Crippen molar-refractivity contribution in [1.29, 1.82) is 0 Å². The largest absolute Gasteiger partial charge is 0.493 e. The molecule has 0 amide bonds. The van der Waals surface area contributed by atoms with Crippen LogP contribution in [0.4, 0.5) is 0 Å². The van der Waals surface area contributed by atoms with E-state index >= 15 is 0 Å². The summed E-state index contributed by atoms with van der Waals surface area (Å²) < 4.78 is 28.4. The van der Waals surface area contributed by atoms with Crippen LogP contribution in [0.3, 0.4) is 0 Å². The lowest BCUT2D eigenvalue weighted by Crippen LogP contribution is -2.22. The molecule has 3 aromatic rings. The summed E-state index contributed by atoms with van der Waals surface area (Å²) in [7, 11) is 6.61. The second-order valence-electron chi connectivity index (χ2n) is 8.39. The Bertz CT molecular complexity index is 1070. The molecule has 1 heterocycles. The lowest BCUT2D eigenvalue weighted by molar-refractivity contribution is 0.258. The van der Waals surface area contributed by atoms with Crippen LogP contribution in [-0.2, 0) is 26.1 Å². The zero-order chi connectivity index (χ0) is 23.9. The number of benzene rings is 3. The molecule has 6 heteroatoms. The summed E-state index contributed by atoms with van der Waals surface area (Å²) in [5, 5.41) is 0. The number of hydrogen-bond donors (Lipinski definition) is 0. The first-order valence-electron chi connectivity index (χ1n) is 11.5. The molecule has 0 bridgehead atoms. The molecule has 0 unspecified atom stereocenters. The van der Waals surface area contributed by atoms with Gasteiger partial charge >= 0.3 is 0 Å². The molecule has 3 aromatic carbocycles. The van der Waals surface area contributed by atoms with E-state index in [0.29, 0.717) is 23.9 Å². The SMILES string of the molecule is COc1cc2c(cc1OCc1ccccc1)CCCN(Cc1cc(OC)c(OC)c(OC)c1)C2. The Balaban J connectivity index is 1.53. The molecule has 6 nitrogen and oxygen atoms in total. The van der Waals surface area contributed by atoms with Gasteiger partial charge in [-0.2, -0.15) is 0 Å². The van der Waals surface area contributed by atoms with Crippen molar-refractivity contribution in [3.05, 3.63) is 76.9 Å². The van der Waals surface area contributed by atoms with E-state index in [1.807, 2.05) is 30.3 Å². The highest BCUT2D eigenvalue weighted by molar-refractivity contribution is 5.54. The smallest absolute Gasteiger partial charge is 0.203 e. The van der Waals surface area contributed by atoms with Crippen LogP contribution in [0.1, 0.15) is 28.7 Å². The number of hydrogen-bond acceptors (Lipinski definition) is 6. The fourth-order valence-corrected chi connectivity index (χ4v) is 4.46. The molecule has 0 radical (unpaired) electrons. The third-order valence-electron chi connectivity index (χ3n) is 6.17. The molecule has 0 atom stereocenters. The van der Waals surface area contributed by atoms with Crippen molar-refractivity contribution < 1.29 is 23.7 Å². The molecule has 1 aliphatic rings. The highest BCUT2D eigenvalue weighted by Crippen LogP contribution is 2.39. The lowest BCUT2D eigenvalue weighted by atomic mass is 10.0. The van der Waals surface area contributed by atoms with Gasteiger partial charge in [0.15, 0.2) is 23.0 Å². The minimum absolute atomic E-state index is 0.517. The number of ether oxygens (including phenoxy) is 5. The summed E-state index contributed by atoms with van der Waals surface area (Å²) in [6.45, 7) is 3.13. The van der Waals surface area contributed by atoms with Crippen LogP contribution < -0.4 is 23.7 Å². The predicted octanol–water partition coefficient (Wildman–Crippen LogP) is 5.25. The quantitative estimate of drug-likeness (QED) is 0.432. The van der Waals surface area contributed by atoms with Gasteiger partial charge in [-0.3, -0.25) is 4.90 Å². The van der Waals surface area contributed by atoms with Crippen LogP contribution in [-0.4, -0.2) is 39.9 Å². The van der Waals surface area contributed by atoms with Crippen LogP contribution in [0, 0.1) is 0 Å². The first-order chi connectivity index (χ1) is 16.6. The number of methoxy groups -OCH3 is 4. The normalized spacial score (nSPS) is 13.5. The van der Waals surface area contributed by atoms with E-state index in [-0.39, 0.29) is 0 Å². The van der Waals surface area contributed by atoms with Crippen molar-refractivity contribution in [3.8, 4) is 28.7 Å². The van der Waals surface area contributed by atoms with Crippen molar-refractivity contribution in [3.63, 3.8) is 0 Å². The van der Waals surface area contributed by atoms with Crippen LogP contribution in [0.2, 0.25) is 0 Å². The topological polar surface area (TPSA) is 49.4 Å². The average Bonchev–Trinajstić information content (AvgIpc) is 3.07. The highest BCUT2D eigenvalue weighted by Gasteiger charge is 2.20. The molecule has 0 fully saturated rings. The second kappa shape index (κ2) is 11.2. The Hall–Kier alpha value is -3.38. The molecular formula is C28H33NO5. The first-order valence-corrected chi connectivity index (χ1v) is 11.5. The van der Waals surface area contributed by atoms with Crippen molar-refractivity contribution >= 4 is 0 Å². The van der Waals surface area contributed by atoms with E-state index in [0.717, 1.165) is 55.1 Å². The maximum absolute atomic E-state index is 6.14. The van der Waals surface area contributed by atoms with E-state index in [1.165, 1.54) is 11.1 Å². The molecule has 0 aromatic heterocycles. The molecule has 1 aliphatic heterocycles. The molecular weight excluding hydrogens is 430 g/mol. The summed E-state index contributed by atoms with van der Waals surface area (Å²) in [6.07, 6.45) is 2.08. The lowest BCUT2D eigenvalue weighted by Gasteiger charge is -2.22. The summed E-state index contributed by atoms with van der Waals surface area (Å²) in [6, 6.07) is 18.5. The molecule has 0 spiro atoms. The van der Waals surface area contributed by atoms with Gasteiger partial charge in [0, 0.05) is 13.1 Å². The molecule has 0 saturated carbocycles. The zero-order valence-electron chi connectivity index (χ0n) is 20.4. The van der Waals surface area contributed by atoms with E-state index in [1.54, 1.807) is 28.4 Å². The van der Waals surface area contributed by atoms with Crippen LogP contribution >= 0.6 is 0 Å². The van der Waals surface area contributed by atoms with E-state index < -0.39 is 0 Å². The van der Waals surface area contributed by atoms with Crippen molar-refractivity contribution in [1.82, 2.24) is 4.90 Å². The average molecular weight is 464 g/mol. The van der Waals surface area contributed by atoms with Gasteiger partial charge in [-0.05, 0) is 65.9 Å². The third kappa shape index (κ3) is 5.39. The van der Waals surface area contributed by atoms with Crippen molar-refractivity contribution in [2.24, 2.45) is 0 Å². The molecule has 4 rings (SSSR count). The zero-order valence-corrected chi connectivity index (χ0v) is 20.4. The summed E-state index contributed by atoms with van der Waals surface area (Å²) in [5.74, 6) is 3.53. The van der Waals surface area contributed by atoms with E-state index in [2.05, 4.69) is 29.2 Å². The summed E-state index contributed by atoms with van der Waals surface area (Å²) >= 11 is 0. The maximum Gasteiger partial charge on any atom is 0.203 e. The maximum atomic E-state index is 6.14. The van der Waals surface area contributed by atoms with Gasteiger partial charge in [0.25, 0.3) is 0 Å². The van der Waals surface area contributed by atoms with Crippen LogP contribution in [0.15, 0.2) is 54.6 Å². The van der Waals surface area contributed by atoms with Gasteiger partial charge in [-0.1, -0.05) is 30.3 Å².